The van der Waals surface area contributed by atoms with Crippen LogP contribution in [0.3, 0.4) is 0 Å². The van der Waals surface area contributed by atoms with E-state index in [9.17, 15) is 4.79 Å². The van der Waals surface area contributed by atoms with E-state index >= 15 is 0 Å². The third-order valence-corrected chi connectivity index (χ3v) is 6.07. The summed E-state index contributed by atoms with van der Waals surface area (Å²) in [6, 6.07) is 0.474. The molecule has 3 rings (SSSR count). The Morgan fingerprint density at radius 2 is 1.92 bits per heavy atom. The molecule has 3 heterocycles. The van der Waals surface area contributed by atoms with Gasteiger partial charge in [-0.05, 0) is 31.0 Å². The molecule has 1 unspecified atom stereocenters. The van der Waals surface area contributed by atoms with E-state index < -0.39 is 0 Å². The Balaban J connectivity index is 1.40. The summed E-state index contributed by atoms with van der Waals surface area (Å²) in [5, 5.41) is 4.22. The van der Waals surface area contributed by atoms with Gasteiger partial charge in [-0.15, -0.1) is 0 Å². The first-order valence-electron chi connectivity index (χ1n) is 9.84. The number of carbonyl (C=O) groups excluding carboxylic acids is 1. The van der Waals surface area contributed by atoms with Crippen molar-refractivity contribution >= 4 is 23.4 Å². The number of morpholine rings is 1. The number of nitrogens with one attached hydrogen (secondary N) is 1. The van der Waals surface area contributed by atoms with E-state index in [-0.39, 0.29) is 18.2 Å². The minimum Gasteiger partial charge on any atom is -0.447 e. The van der Waals surface area contributed by atoms with Crippen molar-refractivity contribution in [3.63, 3.8) is 0 Å². The molecule has 8 heteroatoms. The summed E-state index contributed by atoms with van der Waals surface area (Å²) in [6.07, 6.45) is 1.75. The summed E-state index contributed by atoms with van der Waals surface area (Å²) in [7, 11) is 0. The van der Waals surface area contributed by atoms with E-state index in [0.29, 0.717) is 12.5 Å². The molecule has 148 valence electrons. The van der Waals surface area contributed by atoms with Crippen molar-refractivity contribution in [2.24, 2.45) is 5.92 Å². The second kappa shape index (κ2) is 9.19. The van der Waals surface area contributed by atoms with Crippen molar-refractivity contribution in [1.82, 2.24) is 20.0 Å². The molecule has 0 aromatic heterocycles. The molecule has 3 aliphatic rings. The van der Waals surface area contributed by atoms with Gasteiger partial charge in [0.15, 0.2) is 5.11 Å². The van der Waals surface area contributed by atoms with E-state index in [1.807, 2.05) is 4.90 Å². The molecule has 0 aliphatic carbocycles. The SMILES string of the molecule is CC(C)C1COC(=O)N1C1CCN(C(=S)NCCN2CCOCC2)CC1. The Labute approximate surface area is 162 Å². The highest BCUT2D eigenvalue weighted by Gasteiger charge is 2.40. The van der Waals surface area contributed by atoms with Crippen LogP contribution >= 0.6 is 12.2 Å². The highest BCUT2D eigenvalue weighted by molar-refractivity contribution is 7.80. The molecule has 0 bridgehead atoms. The Morgan fingerprint density at radius 1 is 1.23 bits per heavy atom. The molecule has 0 saturated carbocycles. The Kier molecular flexibility index (Phi) is 6.94. The molecular formula is C18H32N4O3S. The predicted octanol–water partition coefficient (Wildman–Crippen LogP) is 1.13. The molecule has 0 radical (unpaired) electrons. The van der Waals surface area contributed by atoms with Crippen molar-refractivity contribution < 1.29 is 14.3 Å². The van der Waals surface area contributed by atoms with Gasteiger partial charge in [0.05, 0.1) is 19.3 Å². The topological polar surface area (TPSA) is 57.3 Å². The number of rotatable bonds is 5. The fraction of sp³-hybridized carbons (Fsp3) is 0.889. The smallest absolute Gasteiger partial charge is 0.410 e. The summed E-state index contributed by atoms with van der Waals surface area (Å²) < 4.78 is 10.7. The van der Waals surface area contributed by atoms with Crippen LogP contribution in [0.2, 0.25) is 0 Å². The van der Waals surface area contributed by atoms with E-state index in [1.165, 1.54) is 0 Å². The first-order chi connectivity index (χ1) is 12.6. The maximum atomic E-state index is 12.1. The molecule has 1 atom stereocenters. The van der Waals surface area contributed by atoms with E-state index in [4.69, 9.17) is 21.7 Å². The quantitative estimate of drug-likeness (QED) is 0.713. The fourth-order valence-corrected chi connectivity index (χ4v) is 4.27. The van der Waals surface area contributed by atoms with Crippen LogP contribution in [-0.4, -0.2) is 97.1 Å². The van der Waals surface area contributed by atoms with Gasteiger partial charge in [0.1, 0.15) is 6.61 Å². The third kappa shape index (κ3) is 4.78. The van der Waals surface area contributed by atoms with Gasteiger partial charge in [-0.2, -0.15) is 0 Å². The maximum absolute atomic E-state index is 12.1. The van der Waals surface area contributed by atoms with Gasteiger partial charge in [-0.1, -0.05) is 13.8 Å². The van der Waals surface area contributed by atoms with Gasteiger partial charge in [0, 0.05) is 45.3 Å². The lowest BCUT2D eigenvalue weighted by molar-refractivity contribution is 0.0388. The maximum Gasteiger partial charge on any atom is 0.410 e. The van der Waals surface area contributed by atoms with Crippen LogP contribution < -0.4 is 5.32 Å². The summed E-state index contributed by atoms with van der Waals surface area (Å²) in [6.45, 7) is 12.1. The molecule has 0 aromatic carbocycles. The summed E-state index contributed by atoms with van der Waals surface area (Å²) in [5.41, 5.74) is 0. The van der Waals surface area contributed by atoms with E-state index in [2.05, 4.69) is 29.0 Å². The van der Waals surface area contributed by atoms with Crippen LogP contribution in [0.5, 0.6) is 0 Å². The van der Waals surface area contributed by atoms with Gasteiger partial charge in [0.2, 0.25) is 0 Å². The first kappa shape index (κ1) is 19.6. The van der Waals surface area contributed by atoms with Crippen molar-refractivity contribution in [3.05, 3.63) is 0 Å². The number of hydrogen-bond donors (Lipinski definition) is 1. The average molecular weight is 385 g/mol. The molecule has 0 spiro atoms. The minimum atomic E-state index is -0.145. The average Bonchev–Trinajstić information content (AvgIpc) is 3.04. The van der Waals surface area contributed by atoms with Crippen molar-refractivity contribution in [2.45, 2.75) is 38.8 Å². The highest BCUT2D eigenvalue weighted by Crippen LogP contribution is 2.27. The largest absolute Gasteiger partial charge is 0.447 e. The number of cyclic esters (lactones) is 1. The summed E-state index contributed by atoms with van der Waals surface area (Å²) in [4.78, 5) is 18.7. The molecule has 3 saturated heterocycles. The highest BCUT2D eigenvalue weighted by atomic mass is 32.1. The van der Waals surface area contributed by atoms with E-state index in [1.54, 1.807) is 0 Å². The number of thiocarbonyl (C=S) groups is 1. The van der Waals surface area contributed by atoms with E-state index in [0.717, 1.165) is 70.4 Å². The summed E-state index contributed by atoms with van der Waals surface area (Å²) >= 11 is 5.57. The van der Waals surface area contributed by atoms with Crippen LogP contribution in [-0.2, 0) is 9.47 Å². The molecule has 3 fully saturated rings. The van der Waals surface area contributed by atoms with Gasteiger partial charge >= 0.3 is 6.09 Å². The molecule has 1 N–H and O–H groups in total. The van der Waals surface area contributed by atoms with Gasteiger partial charge < -0.3 is 19.7 Å². The molecular weight excluding hydrogens is 352 g/mol. The lowest BCUT2D eigenvalue weighted by Gasteiger charge is -2.39. The van der Waals surface area contributed by atoms with Crippen LogP contribution in [0, 0.1) is 5.92 Å². The van der Waals surface area contributed by atoms with Crippen molar-refractivity contribution in [3.8, 4) is 0 Å². The van der Waals surface area contributed by atoms with Crippen molar-refractivity contribution in [2.75, 3.05) is 59.1 Å². The number of carbonyl (C=O) groups is 1. The normalized spacial score (nSPS) is 25.7. The molecule has 0 aromatic rings. The van der Waals surface area contributed by atoms with Gasteiger partial charge in [-0.25, -0.2) is 4.79 Å². The number of amides is 1. The van der Waals surface area contributed by atoms with Gasteiger partial charge in [0.25, 0.3) is 0 Å². The molecule has 3 aliphatic heterocycles. The number of ether oxygens (including phenoxy) is 2. The van der Waals surface area contributed by atoms with Crippen LogP contribution in [0.25, 0.3) is 0 Å². The second-order valence-corrected chi connectivity index (χ2v) is 8.09. The Morgan fingerprint density at radius 3 is 2.58 bits per heavy atom. The minimum absolute atomic E-state index is 0.145. The second-order valence-electron chi connectivity index (χ2n) is 7.70. The zero-order valence-corrected chi connectivity index (χ0v) is 16.8. The predicted molar refractivity (Wildman–Crippen MR) is 104 cm³/mol. The standard InChI is InChI=1S/C18H32N4O3S/c1-14(2)16-13-25-18(23)22(16)15-3-6-21(7-4-15)17(26)19-5-8-20-9-11-24-12-10-20/h14-16H,3-13H2,1-2H3,(H,19,26). The monoisotopic (exact) mass is 384 g/mol. The fourth-order valence-electron chi connectivity index (χ4n) is 3.99. The molecule has 26 heavy (non-hydrogen) atoms. The number of hydrogen-bond acceptors (Lipinski definition) is 5. The zero-order chi connectivity index (χ0) is 18.5. The number of nitrogens with zero attached hydrogens (tertiary/aromatic N) is 3. The zero-order valence-electron chi connectivity index (χ0n) is 16.0. The third-order valence-electron chi connectivity index (χ3n) is 5.67. The molecule has 7 nitrogen and oxygen atoms in total. The van der Waals surface area contributed by atoms with Gasteiger partial charge in [-0.3, -0.25) is 9.80 Å². The lowest BCUT2D eigenvalue weighted by atomic mass is 9.98. The Bertz CT molecular complexity index is 491. The number of piperidine rings is 1. The van der Waals surface area contributed by atoms with Crippen molar-refractivity contribution in [1.29, 1.82) is 0 Å². The molecule has 1 amide bonds. The first-order valence-corrected chi connectivity index (χ1v) is 10.2. The summed E-state index contributed by atoms with van der Waals surface area (Å²) in [5.74, 6) is 0.419. The van der Waals surface area contributed by atoms with Crippen LogP contribution in [0.1, 0.15) is 26.7 Å². The van der Waals surface area contributed by atoms with Crippen LogP contribution in [0.4, 0.5) is 4.79 Å². The number of likely N-dealkylation sites (tertiary alicyclic amines) is 1. The van der Waals surface area contributed by atoms with Crippen LogP contribution in [0.15, 0.2) is 0 Å². The lowest BCUT2D eigenvalue weighted by Crippen LogP contribution is -2.53. The Hall–Kier alpha value is -1.12.